The third kappa shape index (κ3) is 6.16. The number of benzene rings is 1. The van der Waals surface area contributed by atoms with Crippen molar-refractivity contribution in [3.8, 4) is 0 Å². The van der Waals surface area contributed by atoms with Gasteiger partial charge in [-0.3, -0.25) is 9.59 Å². The third-order valence-corrected chi connectivity index (χ3v) is 8.46. The number of carboxylic acids is 1. The van der Waals surface area contributed by atoms with Gasteiger partial charge >= 0.3 is 5.97 Å². The van der Waals surface area contributed by atoms with Crippen molar-refractivity contribution in [3.05, 3.63) is 58.5 Å². The molecule has 7 heteroatoms. The molecule has 184 valence electrons. The van der Waals surface area contributed by atoms with Crippen molar-refractivity contribution < 1.29 is 24.9 Å². The summed E-state index contributed by atoms with van der Waals surface area (Å²) in [6.45, 7) is 3.52. The molecule has 1 aliphatic rings. The highest BCUT2D eigenvalue weighted by molar-refractivity contribution is 7.19. The molecule has 0 amide bonds. The lowest BCUT2D eigenvalue weighted by Gasteiger charge is -2.22. The minimum atomic E-state index is -0.855. The lowest BCUT2D eigenvalue weighted by Crippen LogP contribution is -2.31. The molecule has 1 aromatic carbocycles. The SMILES string of the molecule is CC1(C)C(=O)C(C/C=C\CCCC(=O)O)C(/C=C/C(O)CCc2sc3ccccc3c2Cl)C1O. The van der Waals surface area contributed by atoms with Crippen molar-refractivity contribution in [3.63, 3.8) is 0 Å². The standard InChI is InChI=1S/C27H33ClO5S/c1-27(2)25(32)18(9-5-3-4-6-12-23(30)31)19(26(27)33)15-13-17(29)14-16-22-24(28)20-10-7-8-11-21(20)34-22/h3,5,7-8,10-11,13,15,17-19,26,29,33H,4,6,9,12,14,16H2,1-2H3,(H,30,31)/b5-3-,15-13+. The molecule has 1 saturated carbocycles. The van der Waals surface area contributed by atoms with Gasteiger partial charge in [0.2, 0.25) is 0 Å². The molecule has 0 aliphatic heterocycles. The van der Waals surface area contributed by atoms with Crippen molar-refractivity contribution in [2.45, 2.75) is 64.6 Å². The number of carbonyl (C=O) groups is 2. The van der Waals surface area contributed by atoms with Crippen LogP contribution in [0.1, 0.15) is 50.8 Å². The summed E-state index contributed by atoms with van der Waals surface area (Å²) >= 11 is 8.14. The highest BCUT2D eigenvalue weighted by Crippen LogP contribution is 2.45. The van der Waals surface area contributed by atoms with E-state index in [1.807, 2.05) is 36.4 Å². The third-order valence-electron chi connectivity index (χ3n) is 6.68. The largest absolute Gasteiger partial charge is 0.481 e. The molecule has 3 rings (SSSR count). The van der Waals surface area contributed by atoms with E-state index in [4.69, 9.17) is 16.7 Å². The molecule has 0 bridgehead atoms. The van der Waals surface area contributed by atoms with Crippen LogP contribution >= 0.6 is 22.9 Å². The molecule has 34 heavy (non-hydrogen) atoms. The average molecular weight is 505 g/mol. The van der Waals surface area contributed by atoms with Gasteiger partial charge in [-0.1, -0.05) is 68.0 Å². The first-order valence-electron chi connectivity index (χ1n) is 11.7. The molecule has 5 nitrogen and oxygen atoms in total. The zero-order chi connectivity index (χ0) is 24.9. The maximum Gasteiger partial charge on any atom is 0.303 e. The number of aryl methyl sites for hydroxylation is 1. The molecule has 1 aliphatic carbocycles. The van der Waals surface area contributed by atoms with Crippen LogP contribution in [0.25, 0.3) is 10.1 Å². The number of halogens is 1. The fraction of sp³-hybridized carbons (Fsp3) is 0.481. The van der Waals surface area contributed by atoms with Gasteiger partial charge in [-0.2, -0.15) is 0 Å². The number of allylic oxidation sites excluding steroid dienone is 2. The first-order valence-corrected chi connectivity index (χ1v) is 12.9. The number of hydrogen-bond acceptors (Lipinski definition) is 5. The summed E-state index contributed by atoms with van der Waals surface area (Å²) in [6.07, 6.45) is 8.68. The number of aliphatic hydroxyl groups excluding tert-OH is 2. The predicted octanol–water partition coefficient (Wildman–Crippen LogP) is 5.81. The van der Waals surface area contributed by atoms with Crippen LogP contribution in [0, 0.1) is 17.3 Å². The monoisotopic (exact) mass is 504 g/mol. The second-order valence-electron chi connectivity index (χ2n) is 9.53. The predicted molar refractivity (Wildman–Crippen MR) is 137 cm³/mol. The van der Waals surface area contributed by atoms with Gasteiger partial charge in [0.1, 0.15) is 5.78 Å². The molecule has 4 unspecified atom stereocenters. The number of aliphatic carboxylic acids is 1. The van der Waals surface area contributed by atoms with Gasteiger partial charge in [-0.05, 0) is 38.2 Å². The Balaban J connectivity index is 1.61. The van der Waals surface area contributed by atoms with Gasteiger partial charge in [-0.25, -0.2) is 0 Å². The van der Waals surface area contributed by atoms with E-state index in [1.165, 1.54) is 0 Å². The molecule has 0 spiro atoms. The highest BCUT2D eigenvalue weighted by Gasteiger charge is 2.52. The zero-order valence-corrected chi connectivity index (χ0v) is 21.2. The van der Waals surface area contributed by atoms with Crippen LogP contribution < -0.4 is 0 Å². The van der Waals surface area contributed by atoms with Crippen LogP contribution in [0.2, 0.25) is 5.02 Å². The molecule has 2 aromatic rings. The van der Waals surface area contributed by atoms with E-state index in [2.05, 4.69) is 0 Å². The molecule has 1 heterocycles. The van der Waals surface area contributed by atoms with E-state index >= 15 is 0 Å². The Morgan fingerprint density at radius 1 is 1.26 bits per heavy atom. The Morgan fingerprint density at radius 3 is 2.71 bits per heavy atom. The van der Waals surface area contributed by atoms with E-state index in [1.54, 1.807) is 37.3 Å². The second-order valence-corrected chi connectivity index (χ2v) is 11.0. The summed E-state index contributed by atoms with van der Waals surface area (Å²) in [6, 6.07) is 7.97. The van der Waals surface area contributed by atoms with Gasteiger partial charge in [0, 0.05) is 33.2 Å². The van der Waals surface area contributed by atoms with Gasteiger partial charge < -0.3 is 15.3 Å². The Bertz CT molecular complexity index is 1070. The molecule has 4 atom stereocenters. The number of carbonyl (C=O) groups excluding carboxylic acids is 1. The lowest BCUT2D eigenvalue weighted by molar-refractivity contribution is -0.137. The van der Waals surface area contributed by atoms with E-state index in [-0.39, 0.29) is 24.0 Å². The second kappa shape index (κ2) is 11.6. The number of carboxylic acid groups (broad SMARTS) is 1. The maximum atomic E-state index is 13.0. The average Bonchev–Trinajstić information content (AvgIpc) is 3.20. The van der Waals surface area contributed by atoms with Crippen molar-refractivity contribution in [2.75, 3.05) is 0 Å². The summed E-state index contributed by atoms with van der Waals surface area (Å²) in [5, 5.41) is 31.9. The minimum absolute atomic E-state index is 0.0105. The Hall–Kier alpha value is -1.99. The first-order chi connectivity index (χ1) is 16.1. The van der Waals surface area contributed by atoms with E-state index < -0.39 is 23.6 Å². The van der Waals surface area contributed by atoms with Gasteiger partial charge in [-0.15, -0.1) is 11.3 Å². The van der Waals surface area contributed by atoms with Crippen LogP contribution in [0.3, 0.4) is 0 Å². The summed E-state index contributed by atoms with van der Waals surface area (Å²) in [5.41, 5.74) is -0.855. The molecule has 3 N–H and O–H groups in total. The van der Waals surface area contributed by atoms with Crippen LogP contribution in [0.5, 0.6) is 0 Å². The Kier molecular flexibility index (Phi) is 9.10. The summed E-state index contributed by atoms with van der Waals surface area (Å²) in [4.78, 5) is 24.6. The number of thiophene rings is 1. The van der Waals surface area contributed by atoms with E-state index in [9.17, 15) is 19.8 Å². The molecule has 0 radical (unpaired) electrons. The fourth-order valence-corrected chi connectivity index (χ4v) is 6.13. The summed E-state index contributed by atoms with van der Waals surface area (Å²) < 4.78 is 1.13. The number of fused-ring (bicyclic) bond motifs is 1. The van der Waals surface area contributed by atoms with Gasteiger partial charge in [0.25, 0.3) is 0 Å². The zero-order valence-electron chi connectivity index (χ0n) is 19.6. The van der Waals surface area contributed by atoms with Crippen molar-refractivity contribution in [1.29, 1.82) is 0 Å². The van der Waals surface area contributed by atoms with Crippen molar-refractivity contribution in [2.24, 2.45) is 17.3 Å². The van der Waals surface area contributed by atoms with Crippen LogP contribution in [0.15, 0.2) is 48.6 Å². The van der Waals surface area contributed by atoms with Crippen molar-refractivity contribution >= 4 is 44.8 Å². The highest BCUT2D eigenvalue weighted by atomic mass is 35.5. The molecular formula is C27H33ClO5S. The van der Waals surface area contributed by atoms with Crippen LogP contribution in [-0.4, -0.2) is 39.3 Å². The van der Waals surface area contributed by atoms with Crippen LogP contribution in [0.4, 0.5) is 0 Å². The number of aliphatic hydroxyl groups is 2. The number of rotatable bonds is 11. The quantitative estimate of drug-likeness (QED) is 0.265. The Morgan fingerprint density at radius 2 is 2.00 bits per heavy atom. The Labute approximate surface area is 209 Å². The fourth-order valence-electron chi connectivity index (χ4n) is 4.59. The molecular weight excluding hydrogens is 472 g/mol. The summed E-state index contributed by atoms with van der Waals surface area (Å²) in [7, 11) is 0. The van der Waals surface area contributed by atoms with Gasteiger partial charge in [0.15, 0.2) is 0 Å². The minimum Gasteiger partial charge on any atom is -0.481 e. The van der Waals surface area contributed by atoms with E-state index in [0.717, 1.165) is 20.0 Å². The molecule has 0 saturated heterocycles. The smallest absolute Gasteiger partial charge is 0.303 e. The number of unbranched alkanes of at least 4 members (excludes halogenated alkanes) is 1. The van der Waals surface area contributed by atoms with Gasteiger partial charge in [0.05, 0.1) is 22.6 Å². The summed E-state index contributed by atoms with van der Waals surface area (Å²) in [5.74, 6) is -1.56. The number of Topliss-reactive ketones (excluding diaryl/α,β-unsaturated/α-hetero) is 1. The number of ketones is 1. The number of hydrogen-bond donors (Lipinski definition) is 3. The normalized spacial score (nSPS) is 23.4. The molecule has 1 fully saturated rings. The molecule has 1 aromatic heterocycles. The lowest BCUT2D eigenvalue weighted by atomic mass is 9.86. The van der Waals surface area contributed by atoms with Crippen LogP contribution in [-0.2, 0) is 16.0 Å². The first kappa shape index (κ1) is 26.6. The van der Waals surface area contributed by atoms with Crippen molar-refractivity contribution in [1.82, 2.24) is 0 Å². The van der Waals surface area contributed by atoms with E-state index in [0.29, 0.717) is 32.1 Å². The topological polar surface area (TPSA) is 94.8 Å². The maximum absolute atomic E-state index is 13.0.